The quantitative estimate of drug-likeness (QED) is 0.849. The molecular weight excluding hydrogens is 290 g/mol. The number of nitrogens with one attached hydrogen (secondary N) is 1. The lowest BCUT2D eigenvalue weighted by molar-refractivity contribution is 0.381. The molecule has 0 fully saturated rings. The molecule has 0 saturated heterocycles. The maximum Gasteiger partial charge on any atom is 0.232 e. The molecule has 0 bridgehead atoms. The van der Waals surface area contributed by atoms with E-state index < -0.39 is 10.0 Å². The molecule has 0 atom stereocenters. The van der Waals surface area contributed by atoms with Gasteiger partial charge in [0.05, 0.1) is 17.9 Å². The van der Waals surface area contributed by atoms with Crippen molar-refractivity contribution in [2.45, 2.75) is 33.1 Å². The molecule has 0 aliphatic heterocycles. The van der Waals surface area contributed by atoms with Crippen LogP contribution in [0.2, 0.25) is 0 Å². The third-order valence-electron chi connectivity index (χ3n) is 2.96. The molecule has 0 spiro atoms. The van der Waals surface area contributed by atoms with Gasteiger partial charge in [-0.2, -0.15) is 4.98 Å². The minimum absolute atomic E-state index is 0.123. The Morgan fingerprint density at radius 1 is 1.29 bits per heavy atom. The maximum absolute atomic E-state index is 12.0. The molecule has 0 unspecified atom stereocenters. The minimum Gasteiger partial charge on any atom is -0.339 e. The lowest BCUT2D eigenvalue weighted by atomic mass is 10.1. The van der Waals surface area contributed by atoms with Crippen LogP contribution in [0.25, 0.3) is 0 Å². The van der Waals surface area contributed by atoms with Crippen molar-refractivity contribution in [1.29, 1.82) is 0 Å². The van der Waals surface area contributed by atoms with Gasteiger partial charge in [0, 0.05) is 0 Å². The van der Waals surface area contributed by atoms with E-state index in [1.54, 1.807) is 19.1 Å². The largest absolute Gasteiger partial charge is 0.339 e. The molecule has 2 rings (SSSR count). The predicted molar refractivity (Wildman–Crippen MR) is 80.6 cm³/mol. The Balaban J connectivity index is 2.17. The molecule has 1 aromatic carbocycles. The Morgan fingerprint density at radius 3 is 2.71 bits per heavy atom. The van der Waals surface area contributed by atoms with Crippen LogP contribution >= 0.6 is 0 Å². The van der Waals surface area contributed by atoms with E-state index in [2.05, 4.69) is 14.9 Å². The molecule has 1 heterocycles. The Labute approximate surface area is 124 Å². The van der Waals surface area contributed by atoms with Crippen LogP contribution < -0.4 is 4.72 Å². The van der Waals surface area contributed by atoms with Crippen LogP contribution in [-0.2, 0) is 16.4 Å². The summed E-state index contributed by atoms with van der Waals surface area (Å²) in [6.45, 7) is 3.70. The number of nitrogens with zero attached hydrogens (tertiary/aromatic N) is 2. The Kier molecular flexibility index (Phi) is 4.95. The first-order chi connectivity index (χ1) is 10.00. The van der Waals surface area contributed by atoms with Gasteiger partial charge in [-0.05, 0) is 25.0 Å². The van der Waals surface area contributed by atoms with Crippen molar-refractivity contribution in [3.8, 4) is 0 Å². The third kappa shape index (κ3) is 4.56. The number of hydrogen-bond donors (Lipinski definition) is 1. The van der Waals surface area contributed by atoms with Crippen LogP contribution in [0.5, 0.6) is 0 Å². The predicted octanol–water partition coefficient (Wildman–Crippen LogP) is 2.51. The van der Waals surface area contributed by atoms with Gasteiger partial charge in [-0.15, -0.1) is 0 Å². The van der Waals surface area contributed by atoms with Gasteiger partial charge >= 0.3 is 0 Å². The molecule has 0 saturated carbocycles. The standard InChI is InChI=1S/C14H19N3O3S/c1-3-4-9-21(18,19)17-13-8-6-5-7-12(13)10-14-15-11(2)16-20-14/h5-8,17H,3-4,9-10H2,1-2H3. The van der Waals surface area contributed by atoms with Gasteiger partial charge in [-0.1, -0.05) is 36.7 Å². The van der Waals surface area contributed by atoms with Crippen molar-refractivity contribution < 1.29 is 12.9 Å². The van der Waals surface area contributed by atoms with E-state index in [9.17, 15) is 8.42 Å². The molecule has 0 aliphatic carbocycles. The van der Waals surface area contributed by atoms with E-state index in [0.717, 1.165) is 12.0 Å². The molecule has 21 heavy (non-hydrogen) atoms. The number of anilines is 1. The summed E-state index contributed by atoms with van der Waals surface area (Å²) < 4.78 is 31.7. The first-order valence-electron chi connectivity index (χ1n) is 6.88. The molecule has 2 aromatic rings. The molecule has 1 N–H and O–H groups in total. The van der Waals surface area contributed by atoms with E-state index in [4.69, 9.17) is 4.52 Å². The summed E-state index contributed by atoms with van der Waals surface area (Å²) >= 11 is 0. The molecule has 0 radical (unpaired) electrons. The van der Waals surface area contributed by atoms with Crippen LogP contribution in [0.15, 0.2) is 28.8 Å². The summed E-state index contributed by atoms with van der Waals surface area (Å²) in [5.74, 6) is 1.15. The highest BCUT2D eigenvalue weighted by Gasteiger charge is 2.14. The SMILES string of the molecule is CCCCS(=O)(=O)Nc1ccccc1Cc1nc(C)no1. The van der Waals surface area contributed by atoms with Gasteiger partial charge in [-0.25, -0.2) is 8.42 Å². The number of unbranched alkanes of at least 4 members (excludes halogenated alkanes) is 1. The Morgan fingerprint density at radius 2 is 2.05 bits per heavy atom. The smallest absolute Gasteiger partial charge is 0.232 e. The fraction of sp³-hybridized carbons (Fsp3) is 0.429. The second-order valence-electron chi connectivity index (χ2n) is 4.84. The molecular formula is C14H19N3O3S. The van der Waals surface area contributed by atoms with Crippen LogP contribution in [0, 0.1) is 6.92 Å². The highest BCUT2D eigenvalue weighted by atomic mass is 32.2. The fourth-order valence-electron chi connectivity index (χ4n) is 1.90. The van der Waals surface area contributed by atoms with E-state index in [1.165, 1.54) is 0 Å². The van der Waals surface area contributed by atoms with Gasteiger partial charge in [0.1, 0.15) is 0 Å². The van der Waals surface area contributed by atoms with E-state index in [-0.39, 0.29) is 5.75 Å². The monoisotopic (exact) mass is 309 g/mol. The summed E-state index contributed by atoms with van der Waals surface area (Å²) in [6.07, 6.45) is 1.87. The number of para-hydroxylation sites is 1. The lowest BCUT2D eigenvalue weighted by Crippen LogP contribution is -2.17. The fourth-order valence-corrected chi connectivity index (χ4v) is 3.21. The average molecular weight is 309 g/mol. The molecule has 0 amide bonds. The van der Waals surface area contributed by atoms with Crippen LogP contribution in [0.3, 0.4) is 0 Å². The summed E-state index contributed by atoms with van der Waals surface area (Å²) in [4.78, 5) is 4.14. The van der Waals surface area contributed by atoms with Gasteiger partial charge in [0.15, 0.2) is 5.82 Å². The first kappa shape index (κ1) is 15.5. The maximum atomic E-state index is 12.0. The van der Waals surface area contributed by atoms with Crippen molar-refractivity contribution in [3.63, 3.8) is 0 Å². The summed E-state index contributed by atoms with van der Waals surface area (Å²) in [5, 5.41) is 3.73. The van der Waals surface area contributed by atoms with Crippen LogP contribution in [0.1, 0.15) is 37.0 Å². The lowest BCUT2D eigenvalue weighted by Gasteiger charge is -2.11. The average Bonchev–Trinajstić information content (AvgIpc) is 2.84. The van der Waals surface area contributed by atoms with Crippen molar-refractivity contribution in [2.75, 3.05) is 10.5 Å². The highest BCUT2D eigenvalue weighted by Crippen LogP contribution is 2.20. The summed E-state index contributed by atoms with van der Waals surface area (Å²) in [7, 11) is -3.32. The van der Waals surface area contributed by atoms with E-state index in [1.807, 2.05) is 19.1 Å². The van der Waals surface area contributed by atoms with Crippen LogP contribution in [0.4, 0.5) is 5.69 Å². The van der Waals surface area contributed by atoms with Crippen molar-refractivity contribution >= 4 is 15.7 Å². The normalized spacial score (nSPS) is 11.5. The molecule has 0 aliphatic rings. The van der Waals surface area contributed by atoms with Crippen LogP contribution in [-0.4, -0.2) is 24.3 Å². The number of hydrogen-bond acceptors (Lipinski definition) is 5. The Bertz CT molecular complexity index is 695. The highest BCUT2D eigenvalue weighted by molar-refractivity contribution is 7.92. The summed E-state index contributed by atoms with van der Waals surface area (Å²) in [5.41, 5.74) is 1.37. The van der Waals surface area contributed by atoms with E-state index >= 15 is 0 Å². The second kappa shape index (κ2) is 6.71. The number of aryl methyl sites for hydroxylation is 1. The Hall–Kier alpha value is -1.89. The number of benzene rings is 1. The summed E-state index contributed by atoms with van der Waals surface area (Å²) in [6, 6.07) is 7.22. The minimum atomic E-state index is -3.32. The van der Waals surface area contributed by atoms with Crippen molar-refractivity contribution in [3.05, 3.63) is 41.5 Å². The second-order valence-corrected chi connectivity index (χ2v) is 6.69. The molecule has 6 nitrogen and oxygen atoms in total. The zero-order chi connectivity index (χ0) is 15.3. The number of rotatable bonds is 7. The number of sulfonamides is 1. The molecule has 7 heteroatoms. The van der Waals surface area contributed by atoms with Gasteiger partial charge in [0.25, 0.3) is 0 Å². The zero-order valence-corrected chi connectivity index (χ0v) is 13.0. The van der Waals surface area contributed by atoms with E-state index in [0.29, 0.717) is 30.2 Å². The zero-order valence-electron chi connectivity index (χ0n) is 12.2. The third-order valence-corrected chi connectivity index (χ3v) is 4.32. The number of aromatic nitrogens is 2. The van der Waals surface area contributed by atoms with Crippen molar-refractivity contribution in [1.82, 2.24) is 10.1 Å². The van der Waals surface area contributed by atoms with Crippen molar-refractivity contribution in [2.24, 2.45) is 0 Å². The van der Waals surface area contributed by atoms with Gasteiger partial charge in [0.2, 0.25) is 15.9 Å². The molecule has 114 valence electrons. The van der Waals surface area contributed by atoms with Gasteiger partial charge < -0.3 is 4.52 Å². The first-order valence-corrected chi connectivity index (χ1v) is 8.53. The topological polar surface area (TPSA) is 85.1 Å². The molecule has 1 aromatic heterocycles. The van der Waals surface area contributed by atoms with Gasteiger partial charge in [-0.3, -0.25) is 4.72 Å².